The van der Waals surface area contributed by atoms with Crippen molar-refractivity contribution in [2.24, 2.45) is 10.9 Å². The van der Waals surface area contributed by atoms with E-state index in [1.807, 2.05) is 12.1 Å². The highest BCUT2D eigenvalue weighted by atomic mass is 16.5. The summed E-state index contributed by atoms with van der Waals surface area (Å²) in [7, 11) is 0. The van der Waals surface area contributed by atoms with Gasteiger partial charge in [-0.2, -0.15) is 0 Å². The van der Waals surface area contributed by atoms with Crippen molar-refractivity contribution in [1.82, 2.24) is 10.6 Å². The number of hydrogen-bond acceptors (Lipinski definition) is 4. The molecule has 0 bridgehead atoms. The van der Waals surface area contributed by atoms with Gasteiger partial charge in [0, 0.05) is 52.0 Å². The van der Waals surface area contributed by atoms with Crippen LogP contribution in [0.2, 0.25) is 0 Å². The highest BCUT2D eigenvalue weighted by Crippen LogP contribution is 2.17. The second kappa shape index (κ2) is 12.0. The molecule has 2 N–H and O–H groups in total. The molecule has 0 aromatic carbocycles. The number of nitrogens with zero attached hydrogens (tertiary/aromatic N) is 1. The fraction of sp³-hybridized carbons (Fsp3) is 0.762. The minimum Gasteiger partial charge on any atom is -0.469 e. The van der Waals surface area contributed by atoms with E-state index in [4.69, 9.17) is 18.9 Å². The Kier molecular flexibility index (Phi) is 9.01. The van der Waals surface area contributed by atoms with E-state index in [9.17, 15) is 0 Å². The van der Waals surface area contributed by atoms with E-state index in [0.29, 0.717) is 12.0 Å². The van der Waals surface area contributed by atoms with Gasteiger partial charge in [0.05, 0.1) is 6.26 Å². The molecule has 0 atom stereocenters. The predicted octanol–water partition coefficient (Wildman–Crippen LogP) is 3.13. The highest BCUT2D eigenvalue weighted by molar-refractivity contribution is 5.80. The molecule has 0 unspecified atom stereocenters. The SMILES string of the molecule is c1coc(CCNC(=NCCCOCC2CCOCC2)NC2CCCC2)c1. The van der Waals surface area contributed by atoms with Crippen molar-refractivity contribution in [3.05, 3.63) is 24.2 Å². The third-order valence-electron chi connectivity index (χ3n) is 5.35. The van der Waals surface area contributed by atoms with Crippen LogP contribution in [0.1, 0.15) is 50.7 Å². The molecule has 27 heavy (non-hydrogen) atoms. The summed E-state index contributed by atoms with van der Waals surface area (Å²) in [5.41, 5.74) is 0. The normalized spacial score (nSPS) is 19.5. The van der Waals surface area contributed by atoms with Gasteiger partial charge in [0.25, 0.3) is 0 Å². The lowest BCUT2D eigenvalue weighted by molar-refractivity contribution is 0.0205. The Morgan fingerprint density at radius 3 is 2.81 bits per heavy atom. The Balaban J connectivity index is 1.33. The summed E-state index contributed by atoms with van der Waals surface area (Å²) in [5.74, 6) is 2.60. The average molecular weight is 378 g/mol. The third-order valence-corrected chi connectivity index (χ3v) is 5.35. The molecule has 2 aliphatic rings. The first-order chi connectivity index (χ1) is 13.4. The van der Waals surface area contributed by atoms with Crippen LogP contribution < -0.4 is 10.6 Å². The Morgan fingerprint density at radius 2 is 2.04 bits per heavy atom. The van der Waals surface area contributed by atoms with Gasteiger partial charge in [-0.1, -0.05) is 12.8 Å². The summed E-state index contributed by atoms with van der Waals surface area (Å²) in [5, 5.41) is 7.04. The lowest BCUT2D eigenvalue weighted by Crippen LogP contribution is -2.43. The molecule has 1 aromatic heterocycles. The number of aliphatic imine (C=N–C) groups is 1. The lowest BCUT2D eigenvalue weighted by atomic mass is 10.0. The van der Waals surface area contributed by atoms with Crippen LogP contribution in [0.3, 0.4) is 0 Å². The minimum absolute atomic E-state index is 0.560. The standard InChI is InChI=1S/C21H35N3O3/c1-2-6-19(5-1)24-21(23-12-8-20-7-3-14-27-20)22-11-4-13-26-17-18-9-15-25-16-10-18/h3,7,14,18-19H,1-2,4-6,8-13,15-17H2,(H2,22,23,24). The van der Waals surface area contributed by atoms with Crippen molar-refractivity contribution in [2.45, 2.75) is 57.4 Å². The van der Waals surface area contributed by atoms with Gasteiger partial charge < -0.3 is 24.5 Å². The van der Waals surface area contributed by atoms with Crippen LogP contribution in [0.5, 0.6) is 0 Å². The zero-order valence-corrected chi connectivity index (χ0v) is 16.5. The van der Waals surface area contributed by atoms with Crippen LogP contribution in [0.4, 0.5) is 0 Å². The van der Waals surface area contributed by atoms with Crippen molar-refractivity contribution in [1.29, 1.82) is 0 Å². The lowest BCUT2D eigenvalue weighted by Gasteiger charge is -2.21. The number of guanidine groups is 1. The van der Waals surface area contributed by atoms with Crippen LogP contribution in [-0.2, 0) is 15.9 Å². The van der Waals surface area contributed by atoms with Gasteiger partial charge in [-0.3, -0.25) is 4.99 Å². The number of nitrogens with one attached hydrogen (secondary N) is 2. The molecule has 2 heterocycles. The quantitative estimate of drug-likeness (QED) is 0.372. The molecule has 3 rings (SSSR count). The summed E-state index contributed by atoms with van der Waals surface area (Å²) >= 11 is 0. The molecular weight excluding hydrogens is 342 g/mol. The maximum absolute atomic E-state index is 5.84. The van der Waals surface area contributed by atoms with Gasteiger partial charge in [0.2, 0.25) is 0 Å². The highest BCUT2D eigenvalue weighted by Gasteiger charge is 2.16. The van der Waals surface area contributed by atoms with Gasteiger partial charge in [0.1, 0.15) is 5.76 Å². The van der Waals surface area contributed by atoms with Gasteiger partial charge in [-0.05, 0) is 50.2 Å². The van der Waals surface area contributed by atoms with Crippen LogP contribution in [0.15, 0.2) is 27.8 Å². The van der Waals surface area contributed by atoms with E-state index in [1.54, 1.807) is 6.26 Å². The average Bonchev–Trinajstić information content (AvgIpc) is 3.39. The minimum atomic E-state index is 0.560. The molecule has 1 aliphatic heterocycles. The van der Waals surface area contributed by atoms with Crippen molar-refractivity contribution in [3.63, 3.8) is 0 Å². The number of hydrogen-bond donors (Lipinski definition) is 2. The second-order valence-corrected chi connectivity index (χ2v) is 7.60. The summed E-state index contributed by atoms with van der Waals surface area (Å²) in [4.78, 5) is 4.75. The smallest absolute Gasteiger partial charge is 0.191 e. The number of furan rings is 1. The third kappa shape index (κ3) is 7.93. The fourth-order valence-corrected chi connectivity index (χ4v) is 3.70. The van der Waals surface area contributed by atoms with Crippen LogP contribution in [0.25, 0.3) is 0 Å². The zero-order valence-electron chi connectivity index (χ0n) is 16.5. The summed E-state index contributed by atoms with van der Waals surface area (Å²) in [6.07, 6.45) is 10.9. The first-order valence-corrected chi connectivity index (χ1v) is 10.6. The van der Waals surface area contributed by atoms with Crippen molar-refractivity contribution in [3.8, 4) is 0 Å². The largest absolute Gasteiger partial charge is 0.469 e. The molecule has 0 radical (unpaired) electrons. The molecule has 2 fully saturated rings. The van der Waals surface area contributed by atoms with Gasteiger partial charge in [-0.25, -0.2) is 0 Å². The molecule has 1 aromatic rings. The van der Waals surface area contributed by atoms with Crippen LogP contribution in [-0.4, -0.2) is 51.5 Å². The summed E-state index contributed by atoms with van der Waals surface area (Å²) in [6.45, 7) is 5.03. The Morgan fingerprint density at radius 1 is 1.19 bits per heavy atom. The zero-order chi connectivity index (χ0) is 18.6. The second-order valence-electron chi connectivity index (χ2n) is 7.60. The van der Waals surface area contributed by atoms with Gasteiger partial charge in [-0.15, -0.1) is 0 Å². The maximum atomic E-state index is 5.84. The fourth-order valence-electron chi connectivity index (χ4n) is 3.70. The molecule has 1 aliphatic carbocycles. The topological polar surface area (TPSA) is 68.0 Å². The van der Waals surface area contributed by atoms with Crippen LogP contribution in [0, 0.1) is 5.92 Å². The molecule has 0 amide bonds. The van der Waals surface area contributed by atoms with E-state index >= 15 is 0 Å². The van der Waals surface area contributed by atoms with E-state index in [0.717, 1.165) is 76.9 Å². The molecule has 1 saturated carbocycles. The molecular formula is C21H35N3O3. The maximum Gasteiger partial charge on any atom is 0.191 e. The number of rotatable bonds is 10. The Labute approximate surface area is 163 Å². The monoisotopic (exact) mass is 377 g/mol. The molecule has 0 spiro atoms. The Hall–Kier alpha value is -1.53. The Bertz CT molecular complexity index is 521. The molecule has 1 saturated heterocycles. The van der Waals surface area contributed by atoms with E-state index in [-0.39, 0.29) is 0 Å². The van der Waals surface area contributed by atoms with Crippen molar-refractivity contribution >= 4 is 5.96 Å². The summed E-state index contributed by atoms with van der Waals surface area (Å²) in [6, 6.07) is 4.50. The predicted molar refractivity (Wildman–Crippen MR) is 107 cm³/mol. The van der Waals surface area contributed by atoms with Crippen molar-refractivity contribution in [2.75, 3.05) is 39.5 Å². The first-order valence-electron chi connectivity index (χ1n) is 10.6. The molecule has 152 valence electrons. The first kappa shape index (κ1) is 20.2. The van der Waals surface area contributed by atoms with E-state index < -0.39 is 0 Å². The molecule has 6 nitrogen and oxygen atoms in total. The van der Waals surface area contributed by atoms with Crippen molar-refractivity contribution < 1.29 is 13.9 Å². The molecule has 6 heteroatoms. The van der Waals surface area contributed by atoms with Gasteiger partial charge in [0.15, 0.2) is 5.96 Å². The van der Waals surface area contributed by atoms with Gasteiger partial charge >= 0.3 is 0 Å². The summed E-state index contributed by atoms with van der Waals surface area (Å²) < 4.78 is 16.6. The number of ether oxygens (including phenoxy) is 2. The van der Waals surface area contributed by atoms with E-state index in [1.165, 1.54) is 25.7 Å². The van der Waals surface area contributed by atoms with Crippen LogP contribution >= 0.6 is 0 Å². The van der Waals surface area contributed by atoms with E-state index in [2.05, 4.69) is 10.6 Å².